The average Bonchev–Trinajstić information content (AvgIpc) is 1.90. The lowest BCUT2D eigenvalue weighted by Crippen LogP contribution is -2.27. The van der Waals surface area contributed by atoms with Crippen molar-refractivity contribution >= 4 is 6.41 Å². The predicted molar refractivity (Wildman–Crippen MR) is 35.5 cm³/mol. The molecule has 0 saturated carbocycles. The Kier molecular flexibility index (Phi) is 2.09. The van der Waals surface area contributed by atoms with Gasteiger partial charge in [0, 0.05) is 6.54 Å². The van der Waals surface area contributed by atoms with Crippen LogP contribution in [-0.2, 0) is 4.79 Å². The van der Waals surface area contributed by atoms with Crippen molar-refractivity contribution in [2.45, 2.75) is 19.8 Å². The van der Waals surface area contributed by atoms with E-state index < -0.39 is 0 Å². The summed E-state index contributed by atoms with van der Waals surface area (Å²) in [6.45, 7) is 5.09. The van der Waals surface area contributed by atoms with Crippen molar-refractivity contribution in [1.29, 1.82) is 0 Å². The smallest absolute Gasteiger partial charge is 0.210 e. The minimum absolute atomic E-state index is 0.765. The fourth-order valence-corrected chi connectivity index (χ4v) is 0.990. The minimum atomic E-state index is 0.765. The summed E-state index contributed by atoms with van der Waals surface area (Å²) < 4.78 is 0. The van der Waals surface area contributed by atoms with Crippen LogP contribution in [0.5, 0.6) is 0 Å². The molecule has 1 heterocycles. The van der Waals surface area contributed by atoms with Crippen LogP contribution in [0, 0.1) is 12.5 Å². The van der Waals surface area contributed by atoms with E-state index in [2.05, 4.69) is 6.92 Å². The molecule has 0 bridgehead atoms. The van der Waals surface area contributed by atoms with Gasteiger partial charge in [-0.2, -0.15) is 0 Å². The lowest BCUT2D eigenvalue weighted by Gasteiger charge is -2.25. The largest absolute Gasteiger partial charge is 0.340 e. The summed E-state index contributed by atoms with van der Waals surface area (Å²) in [5.41, 5.74) is 0. The van der Waals surface area contributed by atoms with Crippen molar-refractivity contribution in [2.24, 2.45) is 5.92 Å². The average molecular weight is 126 g/mol. The van der Waals surface area contributed by atoms with Crippen molar-refractivity contribution in [3.05, 3.63) is 6.54 Å². The van der Waals surface area contributed by atoms with Gasteiger partial charge in [-0.15, -0.1) is 0 Å². The van der Waals surface area contributed by atoms with E-state index >= 15 is 0 Å². The highest BCUT2D eigenvalue weighted by molar-refractivity contribution is 5.48. The van der Waals surface area contributed by atoms with Crippen molar-refractivity contribution in [3.8, 4) is 0 Å². The van der Waals surface area contributed by atoms with Crippen LogP contribution in [-0.4, -0.2) is 17.9 Å². The number of amides is 1. The molecule has 1 aliphatic rings. The molecule has 0 aromatic carbocycles. The molecule has 1 radical (unpaired) electrons. The first-order valence-electron chi connectivity index (χ1n) is 3.37. The second kappa shape index (κ2) is 2.85. The maximum Gasteiger partial charge on any atom is 0.210 e. The van der Waals surface area contributed by atoms with Gasteiger partial charge < -0.3 is 4.90 Å². The van der Waals surface area contributed by atoms with Gasteiger partial charge >= 0.3 is 0 Å². The molecule has 0 aromatic rings. The lowest BCUT2D eigenvalue weighted by molar-refractivity contribution is -0.117. The Balaban J connectivity index is 2.26. The summed E-state index contributed by atoms with van der Waals surface area (Å²) in [6, 6.07) is 0. The van der Waals surface area contributed by atoms with Gasteiger partial charge in [0.2, 0.25) is 6.41 Å². The van der Waals surface area contributed by atoms with Gasteiger partial charge in [0.05, 0.1) is 6.54 Å². The van der Waals surface area contributed by atoms with Crippen molar-refractivity contribution in [1.82, 2.24) is 4.90 Å². The summed E-state index contributed by atoms with van der Waals surface area (Å²) in [6.07, 6.45) is 3.10. The van der Waals surface area contributed by atoms with E-state index in [9.17, 15) is 4.79 Å². The van der Waals surface area contributed by atoms with E-state index in [1.165, 1.54) is 0 Å². The first-order chi connectivity index (χ1) is 4.33. The number of piperidine rings is 1. The molecular weight excluding hydrogens is 114 g/mol. The molecule has 9 heavy (non-hydrogen) atoms. The number of hydrogen-bond donors (Lipinski definition) is 0. The summed E-state index contributed by atoms with van der Waals surface area (Å²) in [5, 5.41) is 0. The van der Waals surface area contributed by atoms with Crippen LogP contribution in [0.2, 0.25) is 0 Å². The van der Waals surface area contributed by atoms with Crippen LogP contribution in [0.15, 0.2) is 0 Å². The Morgan fingerprint density at radius 1 is 1.78 bits per heavy atom. The molecule has 1 unspecified atom stereocenters. The molecule has 2 nitrogen and oxygen atoms in total. The molecule has 0 N–H and O–H groups in total. The van der Waals surface area contributed by atoms with Crippen LogP contribution < -0.4 is 0 Å². The summed E-state index contributed by atoms with van der Waals surface area (Å²) >= 11 is 0. The number of likely N-dealkylation sites (tertiary alicyclic amines) is 1. The third-order valence-electron chi connectivity index (χ3n) is 1.76. The van der Waals surface area contributed by atoms with Crippen LogP contribution in [0.25, 0.3) is 0 Å². The Labute approximate surface area is 55.8 Å². The Hall–Kier alpha value is -0.530. The van der Waals surface area contributed by atoms with Crippen LogP contribution in [0.3, 0.4) is 0 Å². The highest BCUT2D eigenvalue weighted by atomic mass is 16.1. The molecule has 51 valence electrons. The zero-order valence-electron chi connectivity index (χ0n) is 5.71. The highest BCUT2D eigenvalue weighted by Crippen LogP contribution is 2.17. The Bertz CT molecular complexity index is 95.1. The van der Waals surface area contributed by atoms with Crippen molar-refractivity contribution < 1.29 is 4.79 Å². The summed E-state index contributed by atoms with van der Waals surface area (Å²) in [5.74, 6) is 0.765. The highest BCUT2D eigenvalue weighted by Gasteiger charge is 2.13. The zero-order valence-corrected chi connectivity index (χ0v) is 5.71. The quantitative estimate of drug-likeness (QED) is 0.481. The third-order valence-corrected chi connectivity index (χ3v) is 1.76. The van der Waals surface area contributed by atoms with Crippen LogP contribution >= 0.6 is 0 Å². The lowest BCUT2D eigenvalue weighted by atomic mass is 10.00. The van der Waals surface area contributed by atoms with E-state index in [1.807, 2.05) is 6.54 Å². The molecular formula is C7H12NO. The number of rotatable bonds is 1. The maximum absolute atomic E-state index is 10.2. The second-order valence-corrected chi connectivity index (χ2v) is 2.66. The Morgan fingerprint density at radius 3 is 3.00 bits per heavy atom. The molecule has 2 heteroatoms. The van der Waals surface area contributed by atoms with Gasteiger partial charge in [-0.25, -0.2) is 0 Å². The van der Waals surface area contributed by atoms with Gasteiger partial charge in [0.1, 0.15) is 0 Å². The SMILES string of the molecule is CC1C[CH]N(C=O)CC1. The van der Waals surface area contributed by atoms with Gasteiger partial charge in [-0.05, 0) is 18.8 Å². The molecule has 1 fully saturated rings. The molecule has 0 aromatic heterocycles. The zero-order chi connectivity index (χ0) is 6.69. The van der Waals surface area contributed by atoms with Crippen molar-refractivity contribution in [3.63, 3.8) is 0 Å². The monoisotopic (exact) mass is 126 g/mol. The van der Waals surface area contributed by atoms with E-state index in [0.717, 1.165) is 31.7 Å². The van der Waals surface area contributed by atoms with Crippen molar-refractivity contribution in [2.75, 3.05) is 6.54 Å². The molecule has 0 spiro atoms. The topological polar surface area (TPSA) is 20.3 Å². The number of hydrogen-bond acceptors (Lipinski definition) is 1. The Morgan fingerprint density at radius 2 is 2.56 bits per heavy atom. The van der Waals surface area contributed by atoms with E-state index in [-0.39, 0.29) is 0 Å². The predicted octanol–water partition coefficient (Wildman–Crippen LogP) is 1.04. The molecule has 0 aliphatic carbocycles. The molecule has 1 amide bonds. The van der Waals surface area contributed by atoms with E-state index in [4.69, 9.17) is 0 Å². The molecule has 1 atom stereocenters. The first kappa shape index (κ1) is 6.59. The van der Waals surface area contributed by atoms with Gasteiger partial charge in [-0.3, -0.25) is 4.79 Å². The summed E-state index contributed by atoms with van der Waals surface area (Å²) in [7, 11) is 0. The van der Waals surface area contributed by atoms with Gasteiger partial charge in [-0.1, -0.05) is 6.92 Å². The normalized spacial score (nSPS) is 22.1. The fraction of sp³-hybridized carbons (Fsp3) is 0.714. The van der Waals surface area contributed by atoms with E-state index in [1.54, 1.807) is 4.90 Å². The molecule has 1 saturated heterocycles. The first-order valence-corrected chi connectivity index (χ1v) is 3.37. The number of carbonyl (C=O) groups excluding carboxylic acids is 1. The van der Waals surface area contributed by atoms with Crippen LogP contribution in [0.1, 0.15) is 19.8 Å². The fourth-order valence-electron chi connectivity index (χ4n) is 0.990. The molecule has 1 aliphatic heterocycles. The minimum Gasteiger partial charge on any atom is -0.340 e. The maximum atomic E-state index is 10.2. The summed E-state index contributed by atoms with van der Waals surface area (Å²) in [4.78, 5) is 11.9. The third kappa shape index (κ3) is 1.70. The molecule has 1 rings (SSSR count). The number of nitrogens with zero attached hydrogens (tertiary/aromatic N) is 1. The standard InChI is InChI=1S/C7H12NO/c1-7-2-4-8(6-9)5-3-7/h4,6-7H,2-3,5H2,1H3. The number of carbonyl (C=O) groups is 1. The second-order valence-electron chi connectivity index (χ2n) is 2.66. The van der Waals surface area contributed by atoms with Crippen LogP contribution in [0.4, 0.5) is 0 Å². The van der Waals surface area contributed by atoms with Gasteiger partial charge in [0.15, 0.2) is 0 Å². The van der Waals surface area contributed by atoms with E-state index in [0.29, 0.717) is 0 Å². The van der Waals surface area contributed by atoms with Gasteiger partial charge in [0.25, 0.3) is 0 Å².